The molecule has 7 nitrogen and oxygen atoms in total. The van der Waals surface area contributed by atoms with Crippen molar-refractivity contribution in [3.05, 3.63) is 55.4 Å². The molecule has 0 aliphatic heterocycles. The van der Waals surface area contributed by atoms with Gasteiger partial charge in [0.2, 0.25) is 0 Å². The summed E-state index contributed by atoms with van der Waals surface area (Å²) < 4.78 is 2.13. The first-order valence-electron chi connectivity index (χ1n) is 9.68. The summed E-state index contributed by atoms with van der Waals surface area (Å²) >= 11 is 4.90. The Morgan fingerprint density at radius 3 is 3.10 bits per heavy atom. The molecule has 0 saturated carbocycles. The van der Waals surface area contributed by atoms with E-state index in [-0.39, 0.29) is 11.3 Å². The number of phenolic OH excluding ortho intramolecular Hbond substituents is 1. The van der Waals surface area contributed by atoms with Crippen molar-refractivity contribution in [1.29, 1.82) is 0 Å². The van der Waals surface area contributed by atoms with E-state index in [0.29, 0.717) is 16.9 Å². The molecule has 0 unspecified atom stereocenters. The van der Waals surface area contributed by atoms with Gasteiger partial charge in [0.25, 0.3) is 11.5 Å². The third-order valence-corrected chi connectivity index (χ3v) is 7.06. The van der Waals surface area contributed by atoms with Gasteiger partial charge in [-0.3, -0.25) is 14.2 Å². The number of thiophene rings is 1. The second-order valence-electron chi connectivity index (χ2n) is 7.60. The van der Waals surface area contributed by atoms with Crippen molar-refractivity contribution < 1.29 is 9.90 Å². The molecule has 2 atom stereocenters. The zero-order chi connectivity index (χ0) is 21.4. The highest BCUT2D eigenvalue weighted by Crippen LogP contribution is 2.35. The third kappa shape index (κ3) is 3.91. The maximum atomic E-state index is 13.1. The van der Waals surface area contributed by atoms with Crippen molar-refractivity contribution in [2.75, 3.05) is 0 Å². The molecule has 0 fully saturated rings. The van der Waals surface area contributed by atoms with Crippen LogP contribution in [0.5, 0.6) is 5.75 Å². The van der Waals surface area contributed by atoms with Crippen LogP contribution in [0.2, 0.25) is 0 Å². The highest BCUT2D eigenvalue weighted by atomic mass is 79.9. The number of rotatable bonds is 4. The Morgan fingerprint density at radius 2 is 2.30 bits per heavy atom. The van der Waals surface area contributed by atoms with Crippen molar-refractivity contribution >= 4 is 49.6 Å². The molecule has 3 aromatic rings. The highest BCUT2D eigenvalue weighted by Gasteiger charge is 2.25. The predicted octanol–water partition coefficient (Wildman–Crippen LogP) is 3.76. The minimum atomic E-state index is -0.777. The molecule has 9 heteroatoms. The Hall–Kier alpha value is -2.52. The summed E-state index contributed by atoms with van der Waals surface area (Å²) in [5.41, 5.74) is 3.79. The number of carbonyl (C=O) groups excluding carboxylic acids is 1. The molecule has 4 rings (SSSR count). The molecular weight excluding hydrogens is 468 g/mol. The van der Waals surface area contributed by atoms with E-state index in [9.17, 15) is 14.7 Å². The molecule has 0 bridgehead atoms. The monoisotopic (exact) mass is 488 g/mol. The first-order chi connectivity index (χ1) is 14.3. The number of fused-ring (bicyclic) bond motifs is 3. The lowest BCUT2D eigenvalue weighted by Gasteiger charge is -2.18. The predicted molar refractivity (Wildman–Crippen MR) is 121 cm³/mol. The van der Waals surface area contributed by atoms with Crippen molar-refractivity contribution in [2.45, 2.75) is 39.2 Å². The zero-order valence-electron chi connectivity index (χ0n) is 16.6. The molecule has 1 amide bonds. The lowest BCUT2D eigenvalue weighted by Crippen LogP contribution is -2.34. The standard InChI is InChI=1S/C21H21BrN4O3S/c1-11-3-5-15-17(7-11)30-20-18(15)21(29)26(10-23-20)12(2)19(28)25-24-9-13-8-14(22)4-6-16(13)27/h4,6,8-12,27H,3,5,7H2,1-2H3,(H,25,28)/b24-9+/t11-,12+/m1/s1. The summed E-state index contributed by atoms with van der Waals surface area (Å²) in [6.07, 6.45) is 5.69. The smallest absolute Gasteiger partial charge is 0.263 e. The lowest BCUT2D eigenvalue weighted by molar-refractivity contribution is -0.123. The van der Waals surface area contributed by atoms with Gasteiger partial charge >= 0.3 is 0 Å². The highest BCUT2D eigenvalue weighted by molar-refractivity contribution is 9.10. The molecule has 2 N–H and O–H groups in total. The summed E-state index contributed by atoms with van der Waals surface area (Å²) in [7, 11) is 0. The van der Waals surface area contributed by atoms with Gasteiger partial charge in [-0.15, -0.1) is 11.3 Å². The minimum Gasteiger partial charge on any atom is -0.507 e. The van der Waals surface area contributed by atoms with E-state index in [0.717, 1.165) is 34.1 Å². The van der Waals surface area contributed by atoms with Crippen LogP contribution in [0.25, 0.3) is 10.2 Å². The minimum absolute atomic E-state index is 0.0478. The fourth-order valence-corrected chi connectivity index (χ4v) is 5.35. The summed E-state index contributed by atoms with van der Waals surface area (Å²) in [5.74, 6) is 0.216. The maximum Gasteiger partial charge on any atom is 0.263 e. The molecule has 0 saturated heterocycles. The summed E-state index contributed by atoms with van der Waals surface area (Å²) in [6.45, 7) is 3.86. The van der Waals surface area contributed by atoms with Crippen LogP contribution in [0.4, 0.5) is 0 Å². The van der Waals surface area contributed by atoms with Gasteiger partial charge in [0.05, 0.1) is 17.9 Å². The number of halogens is 1. The lowest BCUT2D eigenvalue weighted by atomic mass is 9.89. The fraction of sp³-hybridized carbons (Fsp3) is 0.333. The average Bonchev–Trinajstić information content (AvgIpc) is 3.08. The van der Waals surface area contributed by atoms with Crippen LogP contribution in [0.15, 0.2) is 38.9 Å². The van der Waals surface area contributed by atoms with E-state index in [2.05, 4.69) is 38.4 Å². The first kappa shape index (κ1) is 20.7. The molecule has 0 radical (unpaired) electrons. The number of amides is 1. The Balaban J connectivity index is 1.57. The molecule has 1 aromatic carbocycles. The second-order valence-corrected chi connectivity index (χ2v) is 9.60. The van der Waals surface area contributed by atoms with Crippen LogP contribution < -0.4 is 11.0 Å². The second kappa shape index (κ2) is 8.31. The normalized spacial score (nSPS) is 17.2. The van der Waals surface area contributed by atoms with Gasteiger partial charge in [-0.1, -0.05) is 22.9 Å². The van der Waals surface area contributed by atoms with Crippen LogP contribution in [0.3, 0.4) is 0 Å². The molecule has 0 spiro atoms. The molecular formula is C21H21BrN4O3S. The van der Waals surface area contributed by atoms with Gasteiger partial charge in [0, 0.05) is 14.9 Å². The van der Waals surface area contributed by atoms with Gasteiger partial charge in [-0.2, -0.15) is 5.10 Å². The maximum absolute atomic E-state index is 13.1. The van der Waals surface area contributed by atoms with E-state index in [1.807, 2.05) is 0 Å². The number of nitrogens with zero attached hydrogens (tertiary/aromatic N) is 3. The topological polar surface area (TPSA) is 96.6 Å². The first-order valence-corrected chi connectivity index (χ1v) is 11.3. The number of hydrogen-bond acceptors (Lipinski definition) is 6. The van der Waals surface area contributed by atoms with Gasteiger partial charge < -0.3 is 5.11 Å². The van der Waals surface area contributed by atoms with Crippen LogP contribution in [-0.2, 0) is 17.6 Å². The van der Waals surface area contributed by atoms with E-state index in [4.69, 9.17) is 0 Å². The number of hydrogen-bond donors (Lipinski definition) is 2. The Labute approximate surface area is 185 Å². The van der Waals surface area contributed by atoms with Crippen LogP contribution in [-0.4, -0.2) is 26.8 Å². The molecule has 156 valence electrons. The largest absolute Gasteiger partial charge is 0.507 e. The number of aromatic nitrogens is 2. The fourth-order valence-electron chi connectivity index (χ4n) is 3.63. The number of aryl methyl sites for hydroxylation is 1. The summed E-state index contributed by atoms with van der Waals surface area (Å²) in [6, 6.07) is 4.13. The molecule has 30 heavy (non-hydrogen) atoms. The molecule has 2 aromatic heterocycles. The van der Waals surface area contributed by atoms with E-state index in [1.54, 1.807) is 30.4 Å². The Kier molecular flexibility index (Phi) is 5.75. The number of phenols is 1. The van der Waals surface area contributed by atoms with E-state index in [1.165, 1.54) is 28.1 Å². The van der Waals surface area contributed by atoms with Crippen molar-refractivity contribution in [2.24, 2.45) is 11.0 Å². The number of benzene rings is 1. The number of nitrogens with one attached hydrogen (secondary N) is 1. The Bertz CT molecular complexity index is 1220. The molecule has 1 aliphatic rings. The van der Waals surface area contributed by atoms with Gasteiger partial charge in [0.15, 0.2) is 0 Å². The third-order valence-electron chi connectivity index (χ3n) is 5.41. The molecule has 1 aliphatic carbocycles. The average molecular weight is 489 g/mol. The number of aromatic hydroxyl groups is 1. The van der Waals surface area contributed by atoms with Crippen molar-refractivity contribution in [1.82, 2.24) is 15.0 Å². The van der Waals surface area contributed by atoms with Gasteiger partial charge in [0.1, 0.15) is 16.6 Å². The van der Waals surface area contributed by atoms with Crippen molar-refractivity contribution in [3.8, 4) is 5.75 Å². The Morgan fingerprint density at radius 1 is 1.50 bits per heavy atom. The quantitative estimate of drug-likeness (QED) is 0.431. The summed E-state index contributed by atoms with van der Waals surface area (Å²) in [5, 5.41) is 14.4. The zero-order valence-corrected chi connectivity index (χ0v) is 19.0. The van der Waals surface area contributed by atoms with E-state index >= 15 is 0 Å². The van der Waals surface area contributed by atoms with Crippen LogP contribution in [0.1, 0.15) is 42.3 Å². The SMILES string of the molecule is C[C@@H]1CCc2c(sc3ncn([C@@H](C)C(=O)N/N=C/c4cc(Br)ccc4O)c(=O)c23)C1. The summed E-state index contributed by atoms with van der Waals surface area (Å²) in [4.78, 5) is 32.1. The van der Waals surface area contributed by atoms with Gasteiger partial charge in [-0.25, -0.2) is 10.4 Å². The number of hydrazone groups is 1. The van der Waals surface area contributed by atoms with Crippen molar-refractivity contribution in [3.63, 3.8) is 0 Å². The van der Waals surface area contributed by atoms with Crippen LogP contribution >= 0.6 is 27.3 Å². The number of carbonyl (C=O) groups is 1. The van der Waals surface area contributed by atoms with Gasteiger partial charge in [-0.05, 0) is 55.9 Å². The van der Waals surface area contributed by atoms with E-state index < -0.39 is 11.9 Å². The van der Waals surface area contributed by atoms with Crippen LogP contribution in [0, 0.1) is 5.92 Å². The molecule has 2 heterocycles.